The number of hydrogen-bond donors (Lipinski definition) is 1. The third kappa shape index (κ3) is 3.14. The molecule has 104 valence electrons. The number of nitrogens with zero attached hydrogens (tertiary/aromatic N) is 2. The van der Waals surface area contributed by atoms with Gasteiger partial charge in [0, 0.05) is 43.4 Å². The van der Waals surface area contributed by atoms with Crippen LogP contribution in [0.15, 0.2) is 30.5 Å². The van der Waals surface area contributed by atoms with E-state index in [1.807, 2.05) is 24.4 Å². The summed E-state index contributed by atoms with van der Waals surface area (Å²) >= 11 is 0. The van der Waals surface area contributed by atoms with Crippen molar-refractivity contribution < 1.29 is 4.74 Å². The zero-order chi connectivity index (χ0) is 13.8. The fourth-order valence-electron chi connectivity index (χ4n) is 2.36. The Morgan fingerprint density at radius 1 is 1.35 bits per heavy atom. The molecule has 0 bridgehead atoms. The smallest absolute Gasteiger partial charge is 0.131 e. The Bertz CT molecular complexity index is 598. The topological polar surface area (TPSA) is 47.0 Å². The molecule has 1 aliphatic rings. The highest BCUT2D eigenvalue weighted by Gasteiger charge is 2.11. The Kier molecular flexibility index (Phi) is 3.92. The predicted octanol–water partition coefficient (Wildman–Crippen LogP) is 2.05. The summed E-state index contributed by atoms with van der Waals surface area (Å²) in [6.45, 7) is 4.56. The Morgan fingerprint density at radius 2 is 2.30 bits per heavy atom. The maximum Gasteiger partial charge on any atom is 0.131 e. The standard InChI is InChI=1S/C16H19N3O/c1-12-3-2-4-14(9-12)20-8-6-16-18-11-13-10-17-7-5-15(13)19-16/h2-4,9,11,17H,5-8,10H2,1H3. The number of aryl methyl sites for hydroxylation is 1. The van der Waals surface area contributed by atoms with Crippen molar-refractivity contribution in [1.82, 2.24) is 15.3 Å². The maximum atomic E-state index is 5.74. The number of benzene rings is 1. The largest absolute Gasteiger partial charge is 0.493 e. The van der Waals surface area contributed by atoms with Gasteiger partial charge in [0.05, 0.1) is 6.61 Å². The first-order valence-electron chi connectivity index (χ1n) is 7.05. The third-order valence-corrected chi connectivity index (χ3v) is 3.44. The molecule has 0 spiro atoms. The van der Waals surface area contributed by atoms with Gasteiger partial charge in [-0.15, -0.1) is 0 Å². The molecule has 1 aromatic carbocycles. The molecule has 0 saturated carbocycles. The van der Waals surface area contributed by atoms with E-state index in [4.69, 9.17) is 4.74 Å². The summed E-state index contributed by atoms with van der Waals surface area (Å²) in [6.07, 6.45) is 3.68. The van der Waals surface area contributed by atoms with Gasteiger partial charge in [-0.2, -0.15) is 0 Å². The van der Waals surface area contributed by atoms with Gasteiger partial charge in [-0.1, -0.05) is 12.1 Å². The van der Waals surface area contributed by atoms with E-state index in [-0.39, 0.29) is 0 Å². The van der Waals surface area contributed by atoms with Crippen molar-refractivity contribution in [3.63, 3.8) is 0 Å². The van der Waals surface area contributed by atoms with Gasteiger partial charge in [0.2, 0.25) is 0 Å². The zero-order valence-electron chi connectivity index (χ0n) is 11.7. The van der Waals surface area contributed by atoms with Crippen molar-refractivity contribution in [2.75, 3.05) is 13.2 Å². The quantitative estimate of drug-likeness (QED) is 0.923. The van der Waals surface area contributed by atoms with Crippen molar-refractivity contribution in [2.24, 2.45) is 0 Å². The lowest BCUT2D eigenvalue weighted by molar-refractivity contribution is 0.318. The third-order valence-electron chi connectivity index (χ3n) is 3.44. The summed E-state index contributed by atoms with van der Waals surface area (Å²) in [5, 5.41) is 3.33. The number of hydrogen-bond acceptors (Lipinski definition) is 4. The summed E-state index contributed by atoms with van der Waals surface area (Å²) in [6, 6.07) is 8.09. The van der Waals surface area contributed by atoms with E-state index in [0.29, 0.717) is 6.61 Å². The molecule has 1 aliphatic heterocycles. The molecule has 0 aliphatic carbocycles. The molecule has 0 saturated heterocycles. The van der Waals surface area contributed by atoms with Crippen LogP contribution in [0.25, 0.3) is 0 Å². The first-order valence-corrected chi connectivity index (χ1v) is 7.05. The van der Waals surface area contributed by atoms with Gasteiger partial charge in [-0.3, -0.25) is 0 Å². The highest BCUT2D eigenvalue weighted by atomic mass is 16.5. The van der Waals surface area contributed by atoms with E-state index in [1.165, 1.54) is 16.8 Å². The number of rotatable bonds is 4. The molecule has 3 rings (SSSR count). The molecule has 4 heteroatoms. The molecule has 0 amide bonds. The summed E-state index contributed by atoms with van der Waals surface area (Å²) in [7, 11) is 0. The van der Waals surface area contributed by atoms with Crippen molar-refractivity contribution in [2.45, 2.75) is 26.3 Å². The molecule has 4 nitrogen and oxygen atoms in total. The van der Waals surface area contributed by atoms with Crippen molar-refractivity contribution in [3.05, 3.63) is 53.1 Å². The first kappa shape index (κ1) is 13.1. The fraction of sp³-hybridized carbons (Fsp3) is 0.375. The van der Waals surface area contributed by atoms with Gasteiger partial charge in [-0.25, -0.2) is 9.97 Å². The lowest BCUT2D eigenvalue weighted by Crippen LogP contribution is -2.25. The molecule has 1 aromatic heterocycles. The van der Waals surface area contributed by atoms with E-state index in [2.05, 4.69) is 28.3 Å². The molecule has 0 atom stereocenters. The molecule has 0 unspecified atom stereocenters. The summed E-state index contributed by atoms with van der Waals surface area (Å²) in [5.74, 6) is 1.78. The van der Waals surface area contributed by atoms with Crippen LogP contribution in [0.2, 0.25) is 0 Å². The average molecular weight is 269 g/mol. The van der Waals surface area contributed by atoms with Crippen molar-refractivity contribution in [1.29, 1.82) is 0 Å². The van der Waals surface area contributed by atoms with Crippen LogP contribution in [0.4, 0.5) is 0 Å². The van der Waals surface area contributed by atoms with Crippen LogP contribution in [0.5, 0.6) is 5.75 Å². The molecular weight excluding hydrogens is 250 g/mol. The minimum atomic E-state index is 0.612. The van der Waals surface area contributed by atoms with Gasteiger partial charge >= 0.3 is 0 Å². The molecular formula is C16H19N3O. The van der Waals surface area contributed by atoms with E-state index in [1.54, 1.807) is 0 Å². The Morgan fingerprint density at radius 3 is 3.20 bits per heavy atom. The molecule has 2 heterocycles. The van der Waals surface area contributed by atoms with Crippen molar-refractivity contribution >= 4 is 0 Å². The monoisotopic (exact) mass is 269 g/mol. The summed E-state index contributed by atoms with van der Waals surface area (Å²) in [4.78, 5) is 9.04. The number of aromatic nitrogens is 2. The zero-order valence-corrected chi connectivity index (χ0v) is 11.7. The van der Waals surface area contributed by atoms with Gasteiger partial charge in [0.25, 0.3) is 0 Å². The minimum absolute atomic E-state index is 0.612. The second-order valence-corrected chi connectivity index (χ2v) is 5.10. The lowest BCUT2D eigenvalue weighted by Gasteiger charge is -2.16. The second-order valence-electron chi connectivity index (χ2n) is 5.10. The Hall–Kier alpha value is -1.94. The van der Waals surface area contributed by atoms with E-state index < -0.39 is 0 Å². The normalized spacial score (nSPS) is 13.8. The van der Waals surface area contributed by atoms with Crippen LogP contribution in [0.1, 0.15) is 22.6 Å². The summed E-state index contributed by atoms with van der Waals surface area (Å²) in [5.41, 5.74) is 3.61. The van der Waals surface area contributed by atoms with Crippen LogP contribution in [-0.4, -0.2) is 23.1 Å². The number of nitrogens with one attached hydrogen (secondary N) is 1. The van der Waals surface area contributed by atoms with Crippen LogP contribution in [0, 0.1) is 6.92 Å². The molecule has 1 N–H and O–H groups in total. The first-order chi connectivity index (χ1) is 9.81. The van der Waals surface area contributed by atoms with Crippen LogP contribution in [-0.2, 0) is 19.4 Å². The summed E-state index contributed by atoms with van der Waals surface area (Å²) < 4.78 is 5.74. The van der Waals surface area contributed by atoms with E-state index >= 15 is 0 Å². The SMILES string of the molecule is Cc1cccc(OCCc2ncc3c(n2)CCNC3)c1. The van der Waals surface area contributed by atoms with E-state index in [0.717, 1.165) is 37.5 Å². The Labute approximate surface area is 119 Å². The predicted molar refractivity (Wildman–Crippen MR) is 77.8 cm³/mol. The lowest BCUT2D eigenvalue weighted by atomic mass is 10.1. The van der Waals surface area contributed by atoms with Crippen LogP contribution in [0.3, 0.4) is 0 Å². The number of ether oxygens (including phenoxy) is 1. The molecule has 0 fully saturated rings. The second kappa shape index (κ2) is 6.01. The molecule has 0 radical (unpaired) electrons. The van der Waals surface area contributed by atoms with Gasteiger partial charge in [0.1, 0.15) is 11.6 Å². The van der Waals surface area contributed by atoms with Gasteiger partial charge in [-0.05, 0) is 24.6 Å². The molecule has 2 aromatic rings. The maximum absolute atomic E-state index is 5.74. The minimum Gasteiger partial charge on any atom is -0.493 e. The number of fused-ring (bicyclic) bond motifs is 1. The fourth-order valence-corrected chi connectivity index (χ4v) is 2.36. The average Bonchev–Trinajstić information content (AvgIpc) is 2.47. The van der Waals surface area contributed by atoms with Crippen LogP contribution >= 0.6 is 0 Å². The van der Waals surface area contributed by atoms with Gasteiger partial charge < -0.3 is 10.1 Å². The van der Waals surface area contributed by atoms with Crippen molar-refractivity contribution in [3.8, 4) is 5.75 Å². The van der Waals surface area contributed by atoms with E-state index in [9.17, 15) is 0 Å². The molecule has 20 heavy (non-hydrogen) atoms. The highest BCUT2D eigenvalue weighted by molar-refractivity contribution is 5.27. The van der Waals surface area contributed by atoms with Crippen LogP contribution < -0.4 is 10.1 Å². The Balaban J connectivity index is 1.58. The van der Waals surface area contributed by atoms with Gasteiger partial charge in [0.15, 0.2) is 0 Å². The highest BCUT2D eigenvalue weighted by Crippen LogP contribution is 2.13.